The Labute approximate surface area is 157 Å². The lowest BCUT2D eigenvalue weighted by atomic mass is 9.82. The van der Waals surface area contributed by atoms with Gasteiger partial charge in [-0.05, 0) is 41.3 Å². The van der Waals surface area contributed by atoms with E-state index in [1.807, 2.05) is 20.8 Å². The molecule has 3 amide bonds. The first-order valence-electron chi connectivity index (χ1n) is 8.46. The molecule has 0 aromatic heterocycles. The number of benzene rings is 2. The minimum Gasteiger partial charge on any atom is -0.331 e. The molecule has 0 radical (unpaired) electrons. The maximum atomic E-state index is 13.7. The molecule has 0 aliphatic heterocycles. The van der Waals surface area contributed by atoms with Crippen molar-refractivity contribution in [2.24, 2.45) is 5.41 Å². The zero-order chi connectivity index (χ0) is 20.2. The Hall–Kier alpha value is -2.96. The molecule has 2 aromatic rings. The topological polar surface area (TPSA) is 70.2 Å². The summed E-state index contributed by atoms with van der Waals surface area (Å²) in [6, 6.07) is 8.93. The predicted octanol–water partition coefficient (Wildman–Crippen LogP) is 4.83. The Kier molecular flexibility index (Phi) is 6.15. The molecular formula is C20H23F2N3O2. The maximum Gasteiger partial charge on any atom is 0.319 e. The quantitative estimate of drug-likeness (QED) is 0.716. The molecule has 27 heavy (non-hydrogen) atoms. The highest BCUT2D eigenvalue weighted by Gasteiger charge is 2.28. The van der Waals surface area contributed by atoms with Crippen molar-refractivity contribution in [2.75, 3.05) is 10.6 Å². The van der Waals surface area contributed by atoms with Gasteiger partial charge < -0.3 is 16.0 Å². The molecule has 2 rings (SSSR count). The first kappa shape index (κ1) is 20.4. The highest BCUT2D eigenvalue weighted by atomic mass is 19.1. The van der Waals surface area contributed by atoms with E-state index in [2.05, 4.69) is 16.0 Å². The van der Waals surface area contributed by atoms with Gasteiger partial charge in [0.05, 0.1) is 11.7 Å². The molecule has 0 bridgehead atoms. The fourth-order valence-corrected chi connectivity index (χ4v) is 2.64. The fraction of sp³-hybridized carbons (Fsp3) is 0.300. The summed E-state index contributed by atoms with van der Waals surface area (Å²) in [5.41, 5.74) is 0.729. The molecule has 0 fully saturated rings. The summed E-state index contributed by atoms with van der Waals surface area (Å²) in [5.74, 6) is -1.37. The molecule has 144 valence electrons. The van der Waals surface area contributed by atoms with Crippen molar-refractivity contribution in [3.8, 4) is 0 Å². The van der Waals surface area contributed by atoms with E-state index in [4.69, 9.17) is 0 Å². The van der Waals surface area contributed by atoms with Crippen LogP contribution in [0.5, 0.6) is 0 Å². The van der Waals surface area contributed by atoms with E-state index >= 15 is 0 Å². The van der Waals surface area contributed by atoms with Crippen LogP contribution in [0.4, 0.5) is 25.0 Å². The van der Waals surface area contributed by atoms with Gasteiger partial charge in [-0.2, -0.15) is 0 Å². The van der Waals surface area contributed by atoms with Gasteiger partial charge in [0, 0.05) is 12.6 Å². The van der Waals surface area contributed by atoms with Crippen LogP contribution >= 0.6 is 0 Å². The van der Waals surface area contributed by atoms with Gasteiger partial charge in [0.15, 0.2) is 0 Å². The summed E-state index contributed by atoms with van der Waals surface area (Å²) in [5, 5.41) is 7.85. The number of amides is 3. The third-order valence-corrected chi connectivity index (χ3v) is 3.88. The van der Waals surface area contributed by atoms with Gasteiger partial charge in [-0.1, -0.05) is 32.9 Å². The minimum atomic E-state index is -0.602. The van der Waals surface area contributed by atoms with Crippen LogP contribution in [0, 0.1) is 17.0 Å². The van der Waals surface area contributed by atoms with Crippen LogP contribution in [0.1, 0.15) is 39.3 Å². The summed E-state index contributed by atoms with van der Waals surface area (Å²) < 4.78 is 26.9. The monoisotopic (exact) mass is 375 g/mol. The Morgan fingerprint density at radius 2 is 1.59 bits per heavy atom. The van der Waals surface area contributed by atoms with Crippen molar-refractivity contribution in [2.45, 2.75) is 33.7 Å². The largest absolute Gasteiger partial charge is 0.331 e. The van der Waals surface area contributed by atoms with Crippen LogP contribution in [0.15, 0.2) is 42.5 Å². The van der Waals surface area contributed by atoms with E-state index in [1.165, 1.54) is 31.2 Å². The minimum absolute atomic E-state index is 0.0220. The number of halogens is 2. The number of hydrogen-bond donors (Lipinski definition) is 3. The molecule has 1 atom stereocenters. The van der Waals surface area contributed by atoms with Gasteiger partial charge in [-0.3, -0.25) is 4.79 Å². The number of nitrogens with one attached hydrogen (secondary N) is 3. The van der Waals surface area contributed by atoms with E-state index in [9.17, 15) is 18.4 Å². The molecule has 2 aromatic carbocycles. The van der Waals surface area contributed by atoms with E-state index in [0.717, 1.165) is 11.6 Å². The van der Waals surface area contributed by atoms with E-state index in [1.54, 1.807) is 12.1 Å². The van der Waals surface area contributed by atoms with Crippen LogP contribution in [0.25, 0.3) is 0 Å². The number of carbonyl (C=O) groups is 2. The number of urea groups is 1. The van der Waals surface area contributed by atoms with Gasteiger partial charge in [0.2, 0.25) is 5.91 Å². The van der Waals surface area contributed by atoms with E-state index in [-0.39, 0.29) is 23.0 Å². The van der Waals surface area contributed by atoms with Crippen LogP contribution in [0.3, 0.4) is 0 Å². The SMILES string of the molecule is CC(=O)Nc1cc(NC(=O)NC(c2ccc(F)cc2)C(C)(C)C)ccc1F. The molecule has 0 heterocycles. The summed E-state index contributed by atoms with van der Waals surface area (Å²) in [4.78, 5) is 23.6. The number of carbonyl (C=O) groups excluding carboxylic acids is 2. The molecule has 5 nitrogen and oxygen atoms in total. The number of anilines is 2. The molecule has 0 spiro atoms. The normalized spacial score (nSPS) is 12.2. The van der Waals surface area contributed by atoms with Gasteiger partial charge >= 0.3 is 6.03 Å². The zero-order valence-electron chi connectivity index (χ0n) is 15.7. The molecule has 0 saturated carbocycles. The van der Waals surface area contributed by atoms with Crippen molar-refractivity contribution >= 4 is 23.3 Å². The van der Waals surface area contributed by atoms with Crippen LogP contribution < -0.4 is 16.0 Å². The van der Waals surface area contributed by atoms with Crippen LogP contribution in [0.2, 0.25) is 0 Å². The van der Waals surface area contributed by atoms with Crippen molar-refractivity contribution in [1.82, 2.24) is 5.32 Å². The molecule has 1 unspecified atom stereocenters. The van der Waals surface area contributed by atoms with Gasteiger partial charge in [0.25, 0.3) is 0 Å². The molecule has 0 aliphatic rings. The first-order chi connectivity index (χ1) is 12.6. The summed E-state index contributed by atoms with van der Waals surface area (Å²) in [7, 11) is 0. The standard InChI is InChI=1S/C20H23F2N3O2/c1-12(26)23-17-11-15(9-10-16(17)22)24-19(27)25-18(20(2,3)4)13-5-7-14(21)8-6-13/h5-11,18H,1-4H3,(H,23,26)(H2,24,25,27). The smallest absolute Gasteiger partial charge is 0.319 e. The van der Waals surface area contributed by atoms with Gasteiger partial charge in [-0.25, -0.2) is 13.6 Å². The molecule has 0 saturated heterocycles. The molecular weight excluding hydrogens is 352 g/mol. The van der Waals surface area contributed by atoms with Crippen LogP contribution in [-0.2, 0) is 4.79 Å². The Morgan fingerprint density at radius 1 is 0.963 bits per heavy atom. The van der Waals surface area contributed by atoms with Gasteiger partial charge in [0.1, 0.15) is 11.6 Å². The Balaban J connectivity index is 2.16. The Morgan fingerprint density at radius 3 is 2.15 bits per heavy atom. The number of rotatable bonds is 4. The first-order valence-corrected chi connectivity index (χ1v) is 8.46. The lowest BCUT2D eigenvalue weighted by Gasteiger charge is -2.32. The lowest BCUT2D eigenvalue weighted by molar-refractivity contribution is -0.114. The van der Waals surface area contributed by atoms with Crippen molar-refractivity contribution in [3.05, 3.63) is 59.7 Å². The second-order valence-corrected chi connectivity index (χ2v) is 7.32. The van der Waals surface area contributed by atoms with Crippen molar-refractivity contribution < 1.29 is 18.4 Å². The van der Waals surface area contributed by atoms with Gasteiger partial charge in [-0.15, -0.1) is 0 Å². The lowest BCUT2D eigenvalue weighted by Crippen LogP contribution is -2.39. The second-order valence-electron chi connectivity index (χ2n) is 7.32. The maximum absolute atomic E-state index is 13.7. The van der Waals surface area contributed by atoms with Crippen molar-refractivity contribution in [1.29, 1.82) is 0 Å². The molecule has 0 aliphatic carbocycles. The second kappa shape index (κ2) is 8.16. The highest BCUT2D eigenvalue weighted by molar-refractivity contribution is 5.92. The summed E-state index contributed by atoms with van der Waals surface area (Å²) in [6.07, 6.45) is 0. The molecule has 7 heteroatoms. The average molecular weight is 375 g/mol. The third-order valence-electron chi connectivity index (χ3n) is 3.88. The highest BCUT2D eigenvalue weighted by Crippen LogP contribution is 2.33. The summed E-state index contributed by atoms with van der Waals surface area (Å²) >= 11 is 0. The van der Waals surface area contributed by atoms with E-state index in [0.29, 0.717) is 5.69 Å². The zero-order valence-corrected chi connectivity index (χ0v) is 15.7. The number of hydrogen-bond acceptors (Lipinski definition) is 2. The summed E-state index contributed by atoms with van der Waals surface area (Å²) in [6.45, 7) is 7.12. The van der Waals surface area contributed by atoms with Crippen molar-refractivity contribution in [3.63, 3.8) is 0 Å². The Bertz CT molecular complexity index is 830. The molecule has 3 N–H and O–H groups in total. The fourth-order valence-electron chi connectivity index (χ4n) is 2.64. The van der Waals surface area contributed by atoms with Crippen LogP contribution in [-0.4, -0.2) is 11.9 Å². The third kappa shape index (κ3) is 5.77. The average Bonchev–Trinajstić information content (AvgIpc) is 2.55. The predicted molar refractivity (Wildman–Crippen MR) is 101 cm³/mol. The van der Waals surface area contributed by atoms with E-state index < -0.39 is 17.8 Å².